The van der Waals surface area contributed by atoms with E-state index in [1.165, 1.54) is 22.3 Å². The number of nitrogens with one attached hydrogen (secondary N) is 1. The van der Waals surface area contributed by atoms with E-state index < -0.39 is 10.0 Å². The second kappa shape index (κ2) is 8.31. The predicted octanol–water partition coefficient (Wildman–Crippen LogP) is 2.12. The summed E-state index contributed by atoms with van der Waals surface area (Å²) < 4.78 is 26.3. The van der Waals surface area contributed by atoms with Gasteiger partial charge in [-0.15, -0.1) is 0 Å². The molecule has 2 rings (SSSR count). The summed E-state index contributed by atoms with van der Waals surface area (Å²) in [5, 5.41) is 3.57. The summed E-state index contributed by atoms with van der Waals surface area (Å²) in [4.78, 5) is 16.3. The average molecular weight is 372 g/mol. The van der Waals surface area contributed by atoms with E-state index in [0.717, 1.165) is 12.8 Å². The summed E-state index contributed by atoms with van der Waals surface area (Å²) in [5.41, 5.74) is 0. The van der Waals surface area contributed by atoms with Crippen molar-refractivity contribution in [3.8, 4) is 0 Å². The van der Waals surface area contributed by atoms with Crippen molar-refractivity contribution in [3.05, 3.63) is 18.3 Å². The molecule has 1 N–H and O–H groups in total. The summed E-state index contributed by atoms with van der Waals surface area (Å²) in [5.74, 6) is 0.603. The van der Waals surface area contributed by atoms with Crippen LogP contribution < -0.4 is 5.32 Å². The summed E-state index contributed by atoms with van der Waals surface area (Å²) >= 11 is 1.30. The molecule has 1 aromatic rings. The molecule has 24 heavy (non-hydrogen) atoms. The van der Waals surface area contributed by atoms with E-state index in [-0.39, 0.29) is 22.6 Å². The number of amides is 1. The number of carbonyl (C=O) groups excluding carboxylic acids is 1. The van der Waals surface area contributed by atoms with Crippen LogP contribution in [0.1, 0.15) is 33.6 Å². The maximum atomic E-state index is 12.4. The molecule has 0 radical (unpaired) electrons. The van der Waals surface area contributed by atoms with E-state index in [4.69, 9.17) is 0 Å². The molecule has 134 valence electrons. The topological polar surface area (TPSA) is 79.4 Å². The number of aromatic nitrogens is 1. The number of pyridine rings is 1. The Hall–Kier alpha value is -1.12. The van der Waals surface area contributed by atoms with Gasteiger partial charge >= 0.3 is 0 Å². The van der Waals surface area contributed by atoms with Gasteiger partial charge in [0.1, 0.15) is 4.90 Å². The van der Waals surface area contributed by atoms with E-state index in [0.29, 0.717) is 24.0 Å². The van der Waals surface area contributed by atoms with Crippen molar-refractivity contribution in [3.63, 3.8) is 0 Å². The average Bonchev–Trinajstić information content (AvgIpc) is 3.08. The molecule has 6 nitrogen and oxygen atoms in total. The van der Waals surface area contributed by atoms with Crippen LogP contribution in [0, 0.1) is 5.92 Å². The van der Waals surface area contributed by atoms with Gasteiger partial charge in [-0.25, -0.2) is 13.4 Å². The Morgan fingerprint density at radius 2 is 1.96 bits per heavy atom. The Labute approximate surface area is 148 Å². The monoisotopic (exact) mass is 371 g/mol. The van der Waals surface area contributed by atoms with Crippen molar-refractivity contribution in [1.29, 1.82) is 0 Å². The van der Waals surface area contributed by atoms with Crippen LogP contribution in [0.15, 0.2) is 28.3 Å². The SMILES string of the molecule is CC(C)[C@@H](C)NC(=O)CSc1ccc(S(=O)(=O)N2CCCC2)cn1. The Bertz CT molecular complexity index is 654. The molecular formula is C16H25N3O3S2. The summed E-state index contributed by atoms with van der Waals surface area (Å²) in [7, 11) is -3.43. The van der Waals surface area contributed by atoms with Gasteiger partial charge in [-0.2, -0.15) is 4.31 Å². The van der Waals surface area contributed by atoms with Crippen molar-refractivity contribution in [2.45, 2.75) is 49.6 Å². The molecule has 1 atom stereocenters. The second-order valence-corrected chi connectivity index (χ2v) is 9.27. The minimum absolute atomic E-state index is 0.0447. The Morgan fingerprint density at radius 1 is 1.29 bits per heavy atom. The predicted molar refractivity (Wildman–Crippen MR) is 95.4 cm³/mol. The van der Waals surface area contributed by atoms with Crippen LogP contribution in [-0.4, -0.2) is 48.5 Å². The van der Waals surface area contributed by atoms with Crippen LogP contribution >= 0.6 is 11.8 Å². The highest BCUT2D eigenvalue weighted by molar-refractivity contribution is 7.99. The van der Waals surface area contributed by atoms with Gasteiger partial charge in [0.2, 0.25) is 15.9 Å². The first kappa shape index (κ1) is 19.2. The smallest absolute Gasteiger partial charge is 0.244 e. The molecule has 0 saturated carbocycles. The first-order chi connectivity index (χ1) is 11.3. The van der Waals surface area contributed by atoms with Crippen LogP contribution in [0.5, 0.6) is 0 Å². The van der Waals surface area contributed by atoms with Gasteiger partial charge in [0.05, 0.1) is 10.8 Å². The highest BCUT2D eigenvalue weighted by Gasteiger charge is 2.27. The van der Waals surface area contributed by atoms with Crippen LogP contribution in [0.25, 0.3) is 0 Å². The van der Waals surface area contributed by atoms with Crippen molar-refractivity contribution in [2.75, 3.05) is 18.8 Å². The van der Waals surface area contributed by atoms with Crippen LogP contribution in [0.3, 0.4) is 0 Å². The molecule has 0 spiro atoms. The van der Waals surface area contributed by atoms with E-state index in [2.05, 4.69) is 24.1 Å². The van der Waals surface area contributed by atoms with Crippen molar-refractivity contribution >= 4 is 27.7 Å². The molecular weight excluding hydrogens is 346 g/mol. The third kappa shape index (κ3) is 4.94. The molecule has 1 fully saturated rings. The first-order valence-corrected chi connectivity index (χ1v) is 10.6. The fourth-order valence-corrected chi connectivity index (χ4v) is 4.40. The van der Waals surface area contributed by atoms with Gasteiger partial charge in [-0.3, -0.25) is 4.79 Å². The van der Waals surface area contributed by atoms with Gasteiger partial charge in [0.25, 0.3) is 0 Å². The molecule has 1 saturated heterocycles. The van der Waals surface area contributed by atoms with E-state index in [1.54, 1.807) is 12.1 Å². The molecule has 1 aliphatic rings. The lowest BCUT2D eigenvalue weighted by atomic mass is 10.1. The number of thioether (sulfide) groups is 1. The minimum Gasteiger partial charge on any atom is -0.353 e. The lowest BCUT2D eigenvalue weighted by molar-refractivity contribution is -0.119. The molecule has 1 amide bonds. The van der Waals surface area contributed by atoms with Gasteiger partial charge in [-0.05, 0) is 37.8 Å². The first-order valence-electron chi connectivity index (χ1n) is 8.19. The van der Waals surface area contributed by atoms with Gasteiger partial charge < -0.3 is 5.32 Å². The lowest BCUT2D eigenvalue weighted by Crippen LogP contribution is -2.37. The van der Waals surface area contributed by atoms with E-state index in [1.807, 2.05) is 6.92 Å². The quantitative estimate of drug-likeness (QED) is 0.743. The molecule has 0 aromatic carbocycles. The highest BCUT2D eigenvalue weighted by Crippen LogP contribution is 2.22. The Balaban J connectivity index is 1.91. The fraction of sp³-hybridized carbons (Fsp3) is 0.625. The third-order valence-corrected chi connectivity index (χ3v) is 6.98. The second-order valence-electron chi connectivity index (χ2n) is 6.33. The standard InChI is InChI=1S/C16H25N3O3S2/c1-12(2)13(3)18-15(20)11-23-16-7-6-14(10-17-16)24(21,22)19-8-4-5-9-19/h6-7,10,12-13H,4-5,8-9,11H2,1-3H3,(H,18,20)/t13-/m1/s1. The molecule has 0 unspecified atom stereocenters. The summed E-state index contributed by atoms with van der Waals surface area (Å²) in [6.07, 6.45) is 3.19. The molecule has 1 aliphatic heterocycles. The molecule has 1 aromatic heterocycles. The fourth-order valence-electron chi connectivity index (χ4n) is 2.28. The van der Waals surface area contributed by atoms with Gasteiger partial charge in [-0.1, -0.05) is 25.6 Å². The molecule has 2 heterocycles. The minimum atomic E-state index is -3.43. The summed E-state index contributed by atoms with van der Waals surface area (Å²) in [6.45, 7) is 7.24. The number of sulfonamides is 1. The molecule has 0 bridgehead atoms. The lowest BCUT2D eigenvalue weighted by Gasteiger charge is -2.17. The van der Waals surface area contributed by atoms with Gasteiger partial charge in [0, 0.05) is 25.3 Å². The number of nitrogens with zero attached hydrogens (tertiary/aromatic N) is 2. The Morgan fingerprint density at radius 3 is 2.50 bits per heavy atom. The van der Waals surface area contributed by atoms with Crippen LogP contribution in [0.4, 0.5) is 0 Å². The number of carbonyl (C=O) groups is 1. The highest BCUT2D eigenvalue weighted by atomic mass is 32.2. The Kier molecular flexibility index (Phi) is 6.65. The maximum Gasteiger partial charge on any atom is 0.244 e. The zero-order chi connectivity index (χ0) is 17.7. The van der Waals surface area contributed by atoms with Crippen molar-refractivity contribution in [1.82, 2.24) is 14.6 Å². The number of hydrogen-bond acceptors (Lipinski definition) is 5. The van der Waals surface area contributed by atoms with E-state index >= 15 is 0 Å². The van der Waals surface area contributed by atoms with Crippen molar-refractivity contribution < 1.29 is 13.2 Å². The van der Waals surface area contributed by atoms with Crippen LogP contribution in [0.2, 0.25) is 0 Å². The number of hydrogen-bond donors (Lipinski definition) is 1. The van der Waals surface area contributed by atoms with Crippen LogP contribution in [-0.2, 0) is 14.8 Å². The normalized spacial score (nSPS) is 17.2. The van der Waals surface area contributed by atoms with Crippen molar-refractivity contribution in [2.24, 2.45) is 5.92 Å². The number of rotatable bonds is 7. The largest absolute Gasteiger partial charge is 0.353 e. The zero-order valence-corrected chi connectivity index (χ0v) is 16.0. The van der Waals surface area contributed by atoms with Gasteiger partial charge in [0.15, 0.2) is 0 Å². The molecule has 8 heteroatoms. The third-order valence-electron chi connectivity index (χ3n) is 4.15. The van der Waals surface area contributed by atoms with E-state index in [9.17, 15) is 13.2 Å². The molecule has 0 aliphatic carbocycles. The zero-order valence-electron chi connectivity index (χ0n) is 14.4. The summed E-state index contributed by atoms with van der Waals surface area (Å²) in [6, 6.07) is 3.35. The maximum absolute atomic E-state index is 12.4.